The molecule has 0 saturated carbocycles. The Morgan fingerprint density at radius 2 is 1.91 bits per heavy atom. The second kappa shape index (κ2) is 9.10. The van der Waals surface area contributed by atoms with Crippen LogP contribution >= 0.6 is 0 Å². The van der Waals surface area contributed by atoms with Crippen molar-refractivity contribution in [1.29, 1.82) is 0 Å². The Hall–Kier alpha value is -3.61. The number of aromatic nitrogens is 2. The van der Waals surface area contributed by atoms with Crippen molar-refractivity contribution >= 4 is 11.8 Å². The number of rotatable bonds is 6. The van der Waals surface area contributed by atoms with Gasteiger partial charge in [0, 0.05) is 42.9 Å². The predicted molar refractivity (Wildman–Crippen MR) is 124 cm³/mol. The van der Waals surface area contributed by atoms with E-state index < -0.39 is 0 Å². The third-order valence-electron chi connectivity index (χ3n) is 6.71. The number of carbonyl (C=O) groups is 2. The number of nitrogens with zero attached hydrogens (tertiary/aromatic N) is 3. The molecule has 2 aromatic carbocycles. The maximum atomic E-state index is 13.1. The van der Waals surface area contributed by atoms with Crippen LogP contribution in [0, 0.1) is 5.92 Å². The van der Waals surface area contributed by atoms with Crippen LogP contribution in [0.2, 0.25) is 0 Å². The fourth-order valence-electron chi connectivity index (χ4n) is 4.99. The fourth-order valence-corrected chi connectivity index (χ4v) is 4.99. The molecule has 5 rings (SSSR count). The number of benzene rings is 2. The molecule has 7 heteroatoms. The molecular formula is C26H28N4O3. The summed E-state index contributed by atoms with van der Waals surface area (Å²) in [4.78, 5) is 27.3. The summed E-state index contributed by atoms with van der Waals surface area (Å²) in [6.45, 7) is 2.59. The molecule has 0 spiro atoms. The molecule has 1 fully saturated rings. The minimum Gasteiger partial charge on any atom is -0.497 e. The Morgan fingerprint density at radius 3 is 2.73 bits per heavy atom. The van der Waals surface area contributed by atoms with Crippen LogP contribution in [0.5, 0.6) is 5.75 Å². The van der Waals surface area contributed by atoms with E-state index in [1.807, 2.05) is 46.0 Å². The number of fused-ring (bicyclic) bond motifs is 3. The highest BCUT2D eigenvalue weighted by Crippen LogP contribution is 2.41. The van der Waals surface area contributed by atoms with Crippen molar-refractivity contribution in [2.75, 3.05) is 26.7 Å². The highest BCUT2D eigenvalue weighted by molar-refractivity contribution is 5.95. The molecule has 0 radical (unpaired) electrons. The van der Waals surface area contributed by atoms with Crippen LogP contribution < -0.4 is 10.1 Å². The van der Waals surface area contributed by atoms with Gasteiger partial charge in [-0.1, -0.05) is 24.3 Å². The van der Waals surface area contributed by atoms with Gasteiger partial charge in [-0.15, -0.1) is 0 Å². The van der Waals surface area contributed by atoms with Gasteiger partial charge in [0.15, 0.2) is 0 Å². The van der Waals surface area contributed by atoms with E-state index in [0.717, 1.165) is 25.1 Å². The zero-order valence-electron chi connectivity index (χ0n) is 18.7. The lowest BCUT2D eigenvalue weighted by molar-refractivity contribution is 0.0785. The van der Waals surface area contributed by atoms with Crippen molar-refractivity contribution < 1.29 is 14.3 Å². The number of aryl methyl sites for hydroxylation is 1. The maximum absolute atomic E-state index is 13.1. The summed E-state index contributed by atoms with van der Waals surface area (Å²) in [6.07, 6.45) is 4.15. The van der Waals surface area contributed by atoms with Gasteiger partial charge in [0.1, 0.15) is 5.75 Å². The molecule has 170 valence electrons. The zero-order valence-corrected chi connectivity index (χ0v) is 18.7. The summed E-state index contributed by atoms with van der Waals surface area (Å²) in [6, 6.07) is 16.6. The van der Waals surface area contributed by atoms with Crippen molar-refractivity contribution in [1.82, 2.24) is 20.0 Å². The molecule has 3 aromatic rings. The Labute approximate surface area is 193 Å². The van der Waals surface area contributed by atoms with Gasteiger partial charge in [-0.25, -0.2) is 0 Å². The van der Waals surface area contributed by atoms with Crippen molar-refractivity contribution in [2.45, 2.75) is 25.3 Å². The van der Waals surface area contributed by atoms with Crippen molar-refractivity contribution in [2.24, 2.45) is 5.92 Å². The number of nitrogens with one attached hydrogen (secondary N) is 1. The molecule has 2 atom stereocenters. The summed E-state index contributed by atoms with van der Waals surface area (Å²) >= 11 is 0. The molecule has 0 unspecified atom stereocenters. The van der Waals surface area contributed by atoms with Gasteiger partial charge >= 0.3 is 0 Å². The summed E-state index contributed by atoms with van der Waals surface area (Å²) < 4.78 is 7.21. The van der Waals surface area contributed by atoms with Gasteiger partial charge < -0.3 is 15.0 Å². The van der Waals surface area contributed by atoms with Crippen LogP contribution in [-0.4, -0.2) is 53.2 Å². The first-order valence-corrected chi connectivity index (χ1v) is 11.4. The summed E-state index contributed by atoms with van der Waals surface area (Å²) in [5.74, 6) is 1.37. The number of likely N-dealkylation sites (tertiary alicyclic amines) is 1. The maximum Gasteiger partial charge on any atom is 0.254 e. The summed E-state index contributed by atoms with van der Waals surface area (Å²) in [7, 11) is 1.61. The Kier molecular flexibility index (Phi) is 5.86. The van der Waals surface area contributed by atoms with Crippen LogP contribution in [0.15, 0.2) is 60.8 Å². The third kappa shape index (κ3) is 4.35. The minimum atomic E-state index is -0.0740. The quantitative estimate of drug-likeness (QED) is 0.634. The highest BCUT2D eigenvalue weighted by atomic mass is 16.5. The molecule has 2 aliphatic rings. The van der Waals surface area contributed by atoms with E-state index in [1.165, 1.54) is 5.56 Å². The first-order chi connectivity index (χ1) is 16.1. The lowest BCUT2D eigenvalue weighted by atomic mass is 9.81. The van der Waals surface area contributed by atoms with E-state index in [9.17, 15) is 9.59 Å². The van der Waals surface area contributed by atoms with E-state index in [2.05, 4.69) is 11.5 Å². The standard InChI is InChI=1S/C26H28N4O3/c1-33-22-9-5-8-19(14-22)26(32)29-15-20-10-11-21-16-30(28-24(21)23(20)17-29)13-12-27-25(31)18-6-3-2-4-7-18/h2-9,14,16,20,23H,10-13,15,17H2,1H3,(H,27,31)/t20-,23+/m1/s1. The molecule has 0 bridgehead atoms. The number of hydrogen-bond acceptors (Lipinski definition) is 4. The summed E-state index contributed by atoms with van der Waals surface area (Å²) in [5, 5.41) is 7.83. The molecule has 2 heterocycles. The van der Waals surface area contributed by atoms with E-state index in [1.54, 1.807) is 25.3 Å². The van der Waals surface area contributed by atoms with Gasteiger partial charge in [-0.2, -0.15) is 5.10 Å². The molecule has 1 aliphatic carbocycles. The second-order valence-corrected chi connectivity index (χ2v) is 8.77. The summed E-state index contributed by atoms with van der Waals surface area (Å²) in [5.41, 5.74) is 3.70. The number of methoxy groups -OCH3 is 1. The van der Waals surface area contributed by atoms with E-state index >= 15 is 0 Å². The monoisotopic (exact) mass is 444 g/mol. The first-order valence-electron chi connectivity index (χ1n) is 11.4. The number of amides is 2. The minimum absolute atomic E-state index is 0.0490. The molecule has 2 amide bonds. The predicted octanol–water partition coefficient (Wildman–Crippen LogP) is 3.12. The van der Waals surface area contributed by atoms with Gasteiger partial charge in [0.25, 0.3) is 11.8 Å². The van der Waals surface area contributed by atoms with Crippen molar-refractivity contribution in [3.63, 3.8) is 0 Å². The number of carbonyl (C=O) groups excluding carboxylic acids is 2. The van der Waals surface area contributed by atoms with Crippen molar-refractivity contribution in [3.05, 3.63) is 83.2 Å². The smallest absolute Gasteiger partial charge is 0.254 e. The van der Waals surface area contributed by atoms with E-state index in [-0.39, 0.29) is 17.7 Å². The lowest BCUT2D eigenvalue weighted by Gasteiger charge is -2.22. The molecular weight excluding hydrogens is 416 g/mol. The molecule has 1 N–H and O–H groups in total. The van der Waals surface area contributed by atoms with Gasteiger partial charge in [-0.3, -0.25) is 14.3 Å². The largest absolute Gasteiger partial charge is 0.497 e. The van der Waals surface area contributed by atoms with Crippen LogP contribution in [0.4, 0.5) is 0 Å². The zero-order chi connectivity index (χ0) is 22.8. The van der Waals surface area contributed by atoms with Gasteiger partial charge in [0.2, 0.25) is 0 Å². The Bertz CT molecular complexity index is 1160. The molecule has 33 heavy (non-hydrogen) atoms. The SMILES string of the molecule is COc1cccc(C(=O)N2C[C@H]3CCc4cn(CCNC(=O)c5ccccc5)nc4[C@H]3C2)c1. The van der Waals surface area contributed by atoms with Gasteiger partial charge in [-0.05, 0) is 54.7 Å². The highest BCUT2D eigenvalue weighted by Gasteiger charge is 2.41. The molecule has 1 aliphatic heterocycles. The first kappa shape index (κ1) is 21.2. The Morgan fingerprint density at radius 1 is 1.09 bits per heavy atom. The van der Waals surface area contributed by atoms with Crippen LogP contribution in [0.25, 0.3) is 0 Å². The lowest BCUT2D eigenvalue weighted by Crippen LogP contribution is -2.29. The molecule has 1 aromatic heterocycles. The van der Waals surface area contributed by atoms with Crippen molar-refractivity contribution in [3.8, 4) is 5.75 Å². The van der Waals surface area contributed by atoms with E-state index in [0.29, 0.717) is 42.4 Å². The normalized spacial score (nSPS) is 19.0. The van der Waals surface area contributed by atoms with Crippen LogP contribution in [-0.2, 0) is 13.0 Å². The average Bonchev–Trinajstić information content (AvgIpc) is 3.48. The topological polar surface area (TPSA) is 76.5 Å². The van der Waals surface area contributed by atoms with Crippen LogP contribution in [0.3, 0.4) is 0 Å². The number of ether oxygens (including phenoxy) is 1. The second-order valence-electron chi connectivity index (χ2n) is 8.77. The molecule has 7 nitrogen and oxygen atoms in total. The van der Waals surface area contributed by atoms with Gasteiger partial charge in [0.05, 0.1) is 19.3 Å². The molecule has 1 saturated heterocycles. The van der Waals surface area contributed by atoms with Crippen LogP contribution in [0.1, 0.15) is 44.3 Å². The third-order valence-corrected chi connectivity index (χ3v) is 6.71. The Balaban J connectivity index is 1.22. The van der Waals surface area contributed by atoms with E-state index in [4.69, 9.17) is 9.84 Å². The number of hydrogen-bond donors (Lipinski definition) is 1. The fraction of sp³-hybridized carbons (Fsp3) is 0.346. The average molecular weight is 445 g/mol.